The number of halogens is 1. The molecule has 0 amide bonds. The number of ether oxygens (including phenoxy) is 1. The Morgan fingerprint density at radius 2 is 2.04 bits per heavy atom. The quantitative estimate of drug-likeness (QED) is 0.563. The standard InChI is InChI=1S/C16H12ClN3O4/c1-9(21)11-6-13(18-7-11)16(22)23-8-14-19-15(20-24-14)10-2-4-12(17)5-3-10/h2-7,18H,8H2,1H3. The van der Waals surface area contributed by atoms with Gasteiger partial charge in [0.25, 0.3) is 5.89 Å². The highest BCUT2D eigenvalue weighted by molar-refractivity contribution is 6.30. The van der Waals surface area contributed by atoms with Crippen molar-refractivity contribution in [2.45, 2.75) is 13.5 Å². The molecular formula is C16H12ClN3O4. The number of nitrogens with one attached hydrogen (secondary N) is 1. The molecule has 3 rings (SSSR count). The molecule has 0 fully saturated rings. The molecule has 8 heteroatoms. The Hall–Kier alpha value is -2.93. The molecule has 24 heavy (non-hydrogen) atoms. The zero-order valence-electron chi connectivity index (χ0n) is 12.6. The number of carbonyl (C=O) groups is 2. The van der Waals surface area contributed by atoms with E-state index in [1.54, 1.807) is 24.3 Å². The van der Waals surface area contributed by atoms with Crippen LogP contribution in [0.2, 0.25) is 5.02 Å². The molecule has 0 atom stereocenters. The smallest absolute Gasteiger partial charge is 0.355 e. The first kappa shape index (κ1) is 15.9. The fraction of sp³-hybridized carbons (Fsp3) is 0.125. The van der Waals surface area contributed by atoms with Gasteiger partial charge in [-0.3, -0.25) is 4.79 Å². The minimum absolute atomic E-state index is 0.144. The molecule has 0 unspecified atom stereocenters. The normalized spacial score (nSPS) is 10.6. The van der Waals surface area contributed by atoms with Crippen molar-refractivity contribution in [3.63, 3.8) is 0 Å². The number of H-pyrrole nitrogens is 1. The predicted molar refractivity (Wildman–Crippen MR) is 84.7 cm³/mol. The van der Waals surface area contributed by atoms with Crippen LogP contribution >= 0.6 is 11.6 Å². The van der Waals surface area contributed by atoms with Gasteiger partial charge in [-0.1, -0.05) is 16.8 Å². The third-order valence-corrected chi connectivity index (χ3v) is 3.46. The van der Waals surface area contributed by atoms with Gasteiger partial charge in [0.05, 0.1) is 0 Å². The summed E-state index contributed by atoms with van der Waals surface area (Å²) < 4.78 is 10.1. The highest BCUT2D eigenvalue weighted by Gasteiger charge is 2.15. The van der Waals surface area contributed by atoms with Gasteiger partial charge in [-0.2, -0.15) is 4.98 Å². The molecule has 1 N–H and O–H groups in total. The van der Waals surface area contributed by atoms with Crippen LogP contribution in [-0.4, -0.2) is 26.9 Å². The average molecular weight is 346 g/mol. The molecular weight excluding hydrogens is 334 g/mol. The summed E-state index contributed by atoms with van der Waals surface area (Å²) in [5.41, 5.74) is 1.32. The van der Waals surface area contributed by atoms with Crippen LogP contribution in [0.25, 0.3) is 11.4 Å². The van der Waals surface area contributed by atoms with Crippen LogP contribution in [0.5, 0.6) is 0 Å². The van der Waals surface area contributed by atoms with Gasteiger partial charge in [-0.05, 0) is 37.3 Å². The maximum atomic E-state index is 11.9. The number of carbonyl (C=O) groups excluding carboxylic acids is 2. The van der Waals surface area contributed by atoms with Crippen molar-refractivity contribution in [3.8, 4) is 11.4 Å². The second-order valence-corrected chi connectivity index (χ2v) is 5.39. The molecule has 2 heterocycles. The van der Waals surface area contributed by atoms with Gasteiger partial charge >= 0.3 is 5.97 Å². The van der Waals surface area contributed by atoms with E-state index in [-0.39, 0.29) is 24.0 Å². The summed E-state index contributed by atoms with van der Waals surface area (Å²) in [6.45, 7) is 1.24. The summed E-state index contributed by atoms with van der Waals surface area (Å²) in [4.78, 5) is 29.9. The van der Waals surface area contributed by atoms with Crippen LogP contribution in [0.3, 0.4) is 0 Å². The number of nitrogens with zero attached hydrogens (tertiary/aromatic N) is 2. The number of Topliss-reactive ketones (excluding diaryl/α,β-unsaturated/α-hetero) is 1. The summed E-state index contributed by atoms with van der Waals surface area (Å²) in [6, 6.07) is 8.36. The Morgan fingerprint density at radius 3 is 2.71 bits per heavy atom. The fourth-order valence-electron chi connectivity index (χ4n) is 1.95. The van der Waals surface area contributed by atoms with Crippen LogP contribution in [-0.2, 0) is 11.3 Å². The van der Waals surface area contributed by atoms with E-state index in [2.05, 4.69) is 15.1 Å². The maximum absolute atomic E-state index is 11.9. The molecule has 0 aliphatic heterocycles. The zero-order valence-corrected chi connectivity index (χ0v) is 13.3. The molecule has 0 bridgehead atoms. The number of aromatic nitrogens is 3. The van der Waals surface area contributed by atoms with Crippen molar-refractivity contribution >= 4 is 23.4 Å². The monoisotopic (exact) mass is 345 g/mol. The average Bonchev–Trinajstić information content (AvgIpc) is 3.23. The number of esters is 1. The first-order valence-corrected chi connectivity index (χ1v) is 7.36. The number of ketones is 1. The summed E-state index contributed by atoms with van der Waals surface area (Å²) >= 11 is 5.82. The zero-order chi connectivity index (χ0) is 17.1. The third-order valence-electron chi connectivity index (χ3n) is 3.21. The summed E-state index contributed by atoms with van der Waals surface area (Å²) in [5.74, 6) is -0.230. The Kier molecular flexibility index (Phi) is 4.43. The van der Waals surface area contributed by atoms with Gasteiger partial charge in [-0.15, -0.1) is 0 Å². The van der Waals surface area contributed by atoms with Crippen LogP contribution in [0.4, 0.5) is 0 Å². The molecule has 0 aliphatic rings. The van der Waals surface area contributed by atoms with Gasteiger partial charge in [-0.25, -0.2) is 4.79 Å². The van der Waals surface area contributed by atoms with Crippen LogP contribution < -0.4 is 0 Å². The minimum Gasteiger partial charge on any atom is -0.451 e. The number of hydrogen-bond donors (Lipinski definition) is 1. The molecule has 7 nitrogen and oxygen atoms in total. The van der Waals surface area contributed by atoms with E-state index in [0.29, 0.717) is 16.4 Å². The number of rotatable bonds is 5. The molecule has 0 spiro atoms. The number of hydrogen-bond acceptors (Lipinski definition) is 6. The van der Waals surface area contributed by atoms with E-state index < -0.39 is 5.97 Å². The van der Waals surface area contributed by atoms with Crippen molar-refractivity contribution in [2.24, 2.45) is 0 Å². The van der Waals surface area contributed by atoms with Crippen molar-refractivity contribution in [1.29, 1.82) is 0 Å². The largest absolute Gasteiger partial charge is 0.451 e. The van der Waals surface area contributed by atoms with Crippen molar-refractivity contribution in [1.82, 2.24) is 15.1 Å². The fourth-order valence-corrected chi connectivity index (χ4v) is 2.08. The highest BCUT2D eigenvalue weighted by atomic mass is 35.5. The second-order valence-electron chi connectivity index (χ2n) is 4.95. The molecule has 0 radical (unpaired) electrons. The van der Waals surface area contributed by atoms with Gasteiger partial charge in [0.15, 0.2) is 12.4 Å². The van der Waals surface area contributed by atoms with E-state index in [1.807, 2.05) is 0 Å². The Bertz CT molecular complexity index is 883. The minimum atomic E-state index is -0.617. The van der Waals surface area contributed by atoms with Gasteiger partial charge < -0.3 is 14.2 Å². The van der Waals surface area contributed by atoms with E-state index in [4.69, 9.17) is 20.9 Å². The van der Waals surface area contributed by atoms with Gasteiger partial charge in [0.1, 0.15) is 5.69 Å². The van der Waals surface area contributed by atoms with E-state index in [1.165, 1.54) is 19.2 Å². The topological polar surface area (TPSA) is 98.1 Å². The van der Waals surface area contributed by atoms with Crippen LogP contribution in [0.1, 0.15) is 33.7 Å². The SMILES string of the molecule is CC(=O)c1c[nH]c(C(=O)OCc2nc(-c3ccc(Cl)cc3)no2)c1. The molecule has 0 saturated carbocycles. The van der Waals surface area contributed by atoms with Crippen molar-refractivity contribution < 1.29 is 18.8 Å². The lowest BCUT2D eigenvalue weighted by molar-refractivity contribution is 0.0423. The Labute approximate surface area is 141 Å². The van der Waals surface area contributed by atoms with Crippen molar-refractivity contribution in [3.05, 3.63) is 58.7 Å². The van der Waals surface area contributed by atoms with Gasteiger partial charge in [0.2, 0.25) is 5.82 Å². The van der Waals surface area contributed by atoms with E-state index in [9.17, 15) is 9.59 Å². The summed E-state index contributed by atoms with van der Waals surface area (Å²) in [5, 5.41) is 4.43. The maximum Gasteiger partial charge on any atom is 0.355 e. The van der Waals surface area contributed by atoms with E-state index >= 15 is 0 Å². The number of benzene rings is 1. The lowest BCUT2D eigenvalue weighted by atomic mass is 10.2. The Morgan fingerprint density at radius 1 is 1.29 bits per heavy atom. The lowest BCUT2D eigenvalue weighted by Gasteiger charge is -1.98. The summed E-state index contributed by atoms with van der Waals surface area (Å²) in [6.07, 6.45) is 1.45. The molecule has 0 aliphatic carbocycles. The second kappa shape index (κ2) is 6.67. The molecule has 3 aromatic rings. The first-order valence-electron chi connectivity index (χ1n) is 6.98. The molecule has 0 saturated heterocycles. The summed E-state index contributed by atoms with van der Waals surface area (Å²) in [7, 11) is 0. The van der Waals surface area contributed by atoms with Crippen LogP contribution in [0, 0.1) is 0 Å². The van der Waals surface area contributed by atoms with Crippen molar-refractivity contribution in [2.75, 3.05) is 0 Å². The Balaban J connectivity index is 1.63. The number of aromatic amines is 1. The molecule has 122 valence electrons. The predicted octanol–water partition coefficient (Wildman–Crippen LogP) is 3.28. The molecule has 1 aromatic carbocycles. The van der Waals surface area contributed by atoms with Gasteiger partial charge in [0, 0.05) is 22.3 Å². The lowest BCUT2D eigenvalue weighted by Crippen LogP contribution is -2.05. The van der Waals surface area contributed by atoms with Crippen LogP contribution in [0.15, 0.2) is 41.1 Å². The molecule has 2 aromatic heterocycles. The van der Waals surface area contributed by atoms with E-state index in [0.717, 1.165) is 5.56 Å². The highest BCUT2D eigenvalue weighted by Crippen LogP contribution is 2.19. The third kappa shape index (κ3) is 3.52. The first-order chi connectivity index (χ1) is 11.5.